The van der Waals surface area contributed by atoms with Crippen molar-refractivity contribution < 1.29 is 9.90 Å². The van der Waals surface area contributed by atoms with Crippen LogP contribution in [0.3, 0.4) is 0 Å². The zero-order chi connectivity index (χ0) is 11.7. The minimum atomic E-state index is -0.691. The maximum atomic E-state index is 10.9. The Kier molecular flexibility index (Phi) is 2.86. The summed E-state index contributed by atoms with van der Waals surface area (Å²) in [5.41, 5.74) is 9.07. The van der Waals surface area contributed by atoms with Gasteiger partial charge in [-0.05, 0) is 48.4 Å². The molecule has 0 heterocycles. The molecule has 0 aromatic heterocycles. The van der Waals surface area contributed by atoms with Crippen LogP contribution >= 0.6 is 0 Å². The van der Waals surface area contributed by atoms with Gasteiger partial charge in [-0.15, -0.1) is 0 Å². The quantitative estimate of drug-likeness (QED) is 0.749. The molecule has 1 aliphatic rings. The molecule has 86 valence electrons. The van der Waals surface area contributed by atoms with Crippen molar-refractivity contribution in [2.75, 3.05) is 5.73 Å². The van der Waals surface area contributed by atoms with Crippen LogP contribution in [-0.2, 0) is 17.6 Å². The monoisotopic (exact) mass is 219 g/mol. The fourth-order valence-electron chi connectivity index (χ4n) is 2.43. The van der Waals surface area contributed by atoms with E-state index in [4.69, 9.17) is 10.8 Å². The third kappa shape index (κ3) is 2.03. The summed E-state index contributed by atoms with van der Waals surface area (Å²) in [6, 6.07) is 5.94. The Hall–Kier alpha value is -1.51. The number of aliphatic carboxylic acids is 1. The van der Waals surface area contributed by atoms with Gasteiger partial charge < -0.3 is 10.8 Å². The predicted octanol–water partition coefficient (Wildman–Crippen LogP) is 2.09. The topological polar surface area (TPSA) is 63.3 Å². The SMILES string of the molecule is CC(C(=O)O)C1CCc2cc(N)ccc2C1. The molecule has 2 rings (SSSR count). The molecule has 0 radical (unpaired) electrons. The molecule has 16 heavy (non-hydrogen) atoms. The van der Waals surface area contributed by atoms with Crippen LogP contribution < -0.4 is 5.73 Å². The lowest BCUT2D eigenvalue weighted by Gasteiger charge is -2.27. The molecule has 3 N–H and O–H groups in total. The van der Waals surface area contributed by atoms with Crippen molar-refractivity contribution in [3.05, 3.63) is 29.3 Å². The number of hydrogen-bond donors (Lipinski definition) is 2. The second-order valence-electron chi connectivity index (χ2n) is 4.66. The van der Waals surface area contributed by atoms with Crippen LogP contribution in [0, 0.1) is 11.8 Å². The molecule has 3 heteroatoms. The van der Waals surface area contributed by atoms with Crippen LogP contribution in [0.4, 0.5) is 5.69 Å². The minimum Gasteiger partial charge on any atom is -0.481 e. The van der Waals surface area contributed by atoms with Gasteiger partial charge >= 0.3 is 5.97 Å². The van der Waals surface area contributed by atoms with Gasteiger partial charge in [0.2, 0.25) is 0 Å². The van der Waals surface area contributed by atoms with E-state index in [1.165, 1.54) is 11.1 Å². The average Bonchev–Trinajstić information content (AvgIpc) is 2.27. The summed E-state index contributed by atoms with van der Waals surface area (Å²) < 4.78 is 0. The molecule has 1 aliphatic carbocycles. The van der Waals surface area contributed by atoms with E-state index in [2.05, 4.69) is 0 Å². The van der Waals surface area contributed by atoms with Crippen molar-refractivity contribution in [2.45, 2.75) is 26.2 Å². The summed E-state index contributed by atoms with van der Waals surface area (Å²) in [6.45, 7) is 1.80. The van der Waals surface area contributed by atoms with Crippen LogP contribution in [0.15, 0.2) is 18.2 Å². The van der Waals surface area contributed by atoms with E-state index in [-0.39, 0.29) is 11.8 Å². The number of benzene rings is 1. The lowest BCUT2D eigenvalue weighted by Crippen LogP contribution is -2.26. The van der Waals surface area contributed by atoms with Gasteiger partial charge in [0, 0.05) is 5.69 Å². The predicted molar refractivity (Wildman–Crippen MR) is 63.2 cm³/mol. The molecule has 0 saturated heterocycles. The zero-order valence-electron chi connectivity index (χ0n) is 9.44. The van der Waals surface area contributed by atoms with Crippen molar-refractivity contribution in [1.82, 2.24) is 0 Å². The Bertz CT molecular complexity index is 414. The Morgan fingerprint density at radius 3 is 2.94 bits per heavy atom. The molecule has 1 aromatic carbocycles. The van der Waals surface area contributed by atoms with Gasteiger partial charge in [0.15, 0.2) is 0 Å². The van der Waals surface area contributed by atoms with Gasteiger partial charge in [0.25, 0.3) is 0 Å². The highest BCUT2D eigenvalue weighted by Gasteiger charge is 2.27. The van der Waals surface area contributed by atoms with Gasteiger partial charge in [0.1, 0.15) is 0 Å². The third-order valence-electron chi connectivity index (χ3n) is 3.59. The second kappa shape index (κ2) is 4.16. The first-order chi connectivity index (χ1) is 7.58. The number of nitrogens with two attached hydrogens (primary N) is 1. The molecule has 3 nitrogen and oxygen atoms in total. The van der Waals surface area contributed by atoms with Crippen molar-refractivity contribution >= 4 is 11.7 Å². The number of anilines is 1. The fourth-order valence-corrected chi connectivity index (χ4v) is 2.43. The first-order valence-corrected chi connectivity index (χ1v) is 5.68. The number of carboxylic acid groups (broad SMARTS) is 1. The Morgan fingerprint density at radius 1 is 1.50 bits per heavy atom. The summed E-state index contributed by atoms with van der Waals surface area (Å²) in [5.74, 6) is -0.691. The highest BCUT2D eigenvalue weighted by Crippen LogP contribution is 2.31. The van der Waals surface area contributed by atoms with E-state index >= 15 is 0 Å². The van der Waals surface area contributed by atoms with Crippen LogP contribution in [0.1, 0.15) is 24.5 Å². The maximum absolute atomic E-state index is 10.9. The van der Waals surface area contributed by atoms with E-state index in [1.807, 2.05) is 18.2 Å². The summed E-state index contributed by atoms with van der Waals surface area (Å²) in [4.78, 5) is 10.9. The molecule has 2 atom stereocenters. The van der Waals surface area contributed by atoms with Crippen LogP contribution in [0.25, 0.3) is 0 Å². The van der Waals surface area contributed by atoms with Crippen molar-refractivity contribution in [3.8, 4) is 0 Å². The van der Waals surface area contributed by atoms with E-state index in [1.54, 1.807) is 6.92 Å². The Morgan fingerprint density at radius 2 is 2.25 bits per heavy atom. The average molecular weight is 219 g/mol. The molecule has 1 aromatic rings. The smallest absolute Gasteiger partial charge is 0.306 e. The largest absolute Gasteiger partial charge is 0.481 e. The number of carboxylic acids is 1. The highest BCUT2D eigenvalue weighted by atomic mass is 16.4. The van der Waals surface area contributed by atoms with Gasteiger partial charge in [-0.1, -0.05) is 13.0 Å². The lowest BCUT2D eigenvalue weighted by atomic mass is 9.77. The molecule has 2 unspecified atom stereocenters. The molecular formula is C13H17NO2. The van der Waals surface area contributed by atoms with E-state index < -0.39 is 5.97 Å². The van der Waals surface area contributed by atoms with Crippen LogP contribution in [-0.4, -0.2) is 11.1 Å². The van der Waals surface area contributed by atoms with Gasteiger partial charge in [0.05, 0.1) is 5.92 Å². The van der Waals surface area contributed by atoms with Crippen LogP contribution in [0.2, 0.25) is 0 Å². The van der Waals surface area contributed by atoms with Crippen molar-refractivity contribution in [3.63, 3.8) is 0 Å². The Balaban J connectivity index is 2.18. The molecule has 0 fully saturated rings. The summed E-state index contributed by atoms with van der Waals surface area (Å²) in [6.07, 6.45) is 2.76. The van der Waals surface area contributed by atoms with Crippen molar-refractivity contribution in [2.24, 2.45) is 11.8 Å². The number of rotatable bonds is 2. The number of nitrogen functional groups attached to an aromatic ring is 1. The first-order valence-electron chi connectivity index (χ1n) is 5.68. The van der Waals surface area contributed by atoms with Crippen LogP contribution in [0.5, 0.6) is 0 Å². The molecule has 0 aliphatic heterocycles. The standard InChI is InChI=1S/C13H17NO2/c1-8(13(15)16)9-2-3-11-7-12(14)5-4-10(11)6-9/h4-5,7-9H,2-3,6,14H2,1H3,(H,15,16). The van der Waals surface area contributed by atoms with Gasteiger partial charge in [-0.25, -0.2) is 0 Å². The number of hydrogen-bond acceptors (Lipinski definition) is 2. The van der Waals surface area contributed by atoms with Crippen molar-refractivity contribution in [1.29, 1.82) is 0 Å². The van der Waals surface area contributed by atoms with E-state index in [0.717, 1.165) is 24.9 Å². The normalized spacial score (nSPS) is 21.2. The third-order valence-corrected chi connectivity index (χ3v) is 3.59. The lowest BCUT2D eigenvalue weighted by molar-refractivity contribution is -0.143. The summed E-state index contributed by atoms with van der Waals surface area (Å²) >= 11 is 0. The number of carbonyl (C=O) groups is 1. The fraction of sp³-hybridized carbons (Fsp3) is 0.462. The minimum absolute atomic E-state index is 0.258. The molecule has 0 bridgehead atoms. The Labute approximate surface area is 95.3 Å². The van der Waals surface area contributed by atoms with Gasteiger partial charge in [-0.2, -0.15) is 0 Å². The second-order valence-corrected chi connectivity index (χ2v) is 4.66. The molecule has 0 amide bonds. The molecule has 0 saturated carbocycles. The molecular weight excluding hydrogens is 202 g/mol. The number of aryl methyl sites for hydroxylation is 1. The highest BCUT2D eigenvalue weighted by molar-refractivity contribution is 5.70. The number of fused-ring (bicyclic) bond motifs is 1. The zero-order valence-corrected chi connectivity index (χ0v) is 9.44. The molecule has 0 spiro atoms. The van der Waals surface area contributed by atoms with Gasteiger partial charge in [-0.3, -0.25) is 4.79 Å². The summed E-state index contributed by atoms with van der Waals surface area (Å²) in [7, 11) is 0. The maximum Gasteiger partial charge on any atom is 0.306 e. The van der Waals surface area contributed by atoms with E-state index in [0.29, 0.717) is 0 Å². The first kappa shape index (κ1) is 11.0. The van der Waals surface area contributed by atoms with E-state index in [9.17, 15) is 4.79 Å². The summed E-state index contributed by atoms with van der Waals surface area (Å²) in [5, 5.41) is 9.01.